The Bertz CT molecular complexity index is 947. The molecule has 3 aromatic rings. The van der Waals surface area contributed by atoms with Crippen LogP contribution in [0, 0.1) is 0 Å². The van der Waals surface area contributed by atoms with Gasteiger partial charge in [-0.15, -0.1) is 0 Å². The molecule has 0 atom stereocenters. The predicted molar refractivity (Wildman–Crippen MR) is 97.7 cm³/mol. The predicted octanol–water partition coefficient (Wildman–Crippen LogP) is 6.15. The lowest BCUT2D eigenvalue weighted by Crippen LogP contribution is -2.05. The summed E-state index contributed by atoms with van der Waals surface area (Å²) in [6, 6.07) is 19.4. The molecule has 5 heteroatoms. The van der Waals surface area contributed by atoms with Crippen LogP contribution in [0.15, 0.2) is 72.8 Å². The van der Waals surface area contributed by atoms with Crippen LogP contribution in [0.1, 0.15) is 28.4 Å². The minimum atomic E-state index is -4.42. The van der Waals surface area contributed by atoms with Gasteiger partial charge in [-0.25, -0.2) is 0 Å². The number of halogens is 3. The highest BCUT2D eigenvalue weighted by atomic mass is 19.4. The molecule has 0 amide bonds. The molecule has 0 unspecified atom stereocenters. The van der Waals surface area contributed by atoms with Crippen LogP contribution < -0.4 is 4.74 Å². The summed E-state index contributed by atoms with van der Waals surface area (Å²) in [5, 5.41) is 0. The molecule has 0 saturated carbocycles. The fourth-order valence-corrected chi connectivity index (χ4v) is 2.72. The van der Waals surface area contributed by atoms with E-state index in [4.69, 9.17) is 4.74 Å². The molecule has 0 aromatic heterocycles. The molecular weight excluding hydrogens is 353 g/mol. The van der Waals surface area contributed by atoms with Crippen LogP contribution >= 0.6 is 0 Å². The second-order valence-electron chi connectivity index (χ2n) is 6.12. The molecule has 0 aliphatic rings. The molecule has 27 heavy (non-hydrogen) atoms. The number of alkyl halides is 3. The van der Waals surface area contributed by atoms with E-state index >= 15 is 0 Å². The summed E-state index contributed by atoms with van der Waals surface area (Å²) in [4.78, 5) is 12.0. The third-order valence-corrected chi connectivity index (χ3v) is 4.12. The minimum Gasteiger partial charge on any atom is -0.488 e. The first-order valence-corrected chi connectivity index (χ1v) is 8.34. The van der Waals surface area contributed by atoms with Gasteiger partial charge in [0.15, 0.2) is 5.78 Å². The van der Waals surface area contributed by atoms with Crippen molar-refractivity contribution in [3.63, 3.8) is 0 Å². The Morgan fingerprint density at radius 3 is 2.26 bits per heavy atom. The Labute approximate surface area is 155 Å². The van der Waals surface area contributed by atoms with Gasteiger partial charge in [-0.1, -0.05) is 48.5 Å². The summed E-state index contributed by atoms with van der Waals surface area (Å²) < 4.78 is 44.6. The van der Waals surface area contributed by atoms with Gasteiger partial charge in [0, 0.05) is 0 Å². The van der Waals surface area contributed by atoms with Crippen molar-refractivity contribution in [1.82, 2.24) is 0 Å². The lowest BCUT2D eigenvalue weighted by Gasteiger charge is -2.13. The SMILES string of the molecule is CC(=O)c1cc(-c2cccc(C(F)(F)F)c2)ccc1OCc1ccccc1. The summed E-state index contributed by atoms with van der Waals surface area (Å²) in [6.45, 7) is 1.70. The Balaban J connectivity index is 1.91. The molecule has 3 aromatic carbocycles. The van der Waals surface area contributed by atoms with Crippen LogP contribution in [-0.4, -0.2) is 5.78 Å². The van der Waals surface area contributed by atoms with E-state index in [1.165, 1.54) is 13.0 Å². The van der Waals surface area contributed by atoms with Crippen molar-refractivity contribution >= 4 is 5.78 Å². The summed E-state index contributed by atoms with van der Waals surface area (Å²) in [6.07, 6.45) is -4.42. The molecule has 0 heterocycles. The quantitative estimate of drug-likeness (QED) is 0.503. The number of Topliss-reactive ketones (excluding diaryl/α,β-unsaturated/α-hetero) is 1. The highest BCUT2D eigenvalue weighted by molar-refractivity contribution is 5.98. The van der Waals surface area contributed by atoms with E-state index in [1.807, 2.05) is 30.3 Å². The van der Waals surface area contributed by atoms with Crippen molar-refractivity contribution < 1.29 is 22.7 Å². The number of rotatable bonds is 5. The van der Waals surface area contributed by atoms with Gasteiger partial charge in [-0.2, -0.15) is 13.2 Å². The number of hydrogen-bond acceptors (Lipinski definition) is 2. The molecule has 0 saturated heterocycles. The minimum absolute atomic E-state index is 0.216. The maximum atomic E-state index is 12.9. The fourth-order valence-electron chi connectivity index (χ4n) is 2.72. The van der Waals surface area contributed by atoms with E-state index in [2.05, 4.69) is 0 Å². The highest BCUT2D eigenvalue weighted by Gasteiger charge is 2.30. The summed E-state index contributed by atoms with van der Waals surface area (Å²) in [5.41, 5.74) is 1.48. The highest BCUT2D eigenvalue weighted by Crippen LogP contribution is 2.33. The normalized spacial score (nSPS) is 11.3. The maximum absolute atomic E-state index is 12.9. The number of hydrogen-bond donors (Lipinski definition) is 0. The van der Waals surface area contributed by atoms with Gasteiger partial charge in [-0.3, -0.25) is 4.79 Å². The number of ether oxygens (including phenoxy) is 1. The van der Waals surface area contributed by atoms with Gasteiger partial charge in [0.2, 0.25) is 0 Å². The number of benzene rings is 3. The lowest BCUT2D eigenvalue weighted by molar-refractivity contribution is -0.137. The second-order valence-corrected chi connectivity index (χ2v) is 6.12. The van der Waals surface area contributed by atoms with Crippen molar-refractivity contribution in [2.75, 3.05) is 0 Å². The molecule has 0 fully saturated rings. The summed E-state index contributed by atoms with van der Waals surface area (Å²) >= 11 is 0. The average molecular weight is 370 g/mol. The molecule has 0 bridgehead atoms. The Morgan fingerprint density at radius 2 is 1.59 bits per heavy atom. The lowest BCUT2D eigenvalue weighted by atomic mass is 9.99. The smallest absolute Gasteiger partial charge is 0.416 e. The number of carbonyl (C=O) groups is 1. The Morgan fingerprint density at radius 1 is 0.889 bits per heavy atom. The van der Waals surface area contributed by atoms with Gasteiger partial charge < -0.3 is 4.74 Å². The molecule has 2 nitrogen and oxygen atoms in total. The number of ketones is 1. The largest absolute Gasteiger partial charge is 0.488 e. The van der Waals surface area contributed by atoms with Gasteiger partial charge in [-0.05, 0) is 47.9 Å². The van der Waals surface area contributed by atoms with Gasteiger partial charge in [0.25, 0.3) is 0 Å². The molecule has 0 spiro atoms. The molecule has 0 N–H and O–H groups in total. The second kappa shape index (κ2) is 7.66. The van der Waals surface area contributed by atoms with E-state index in [0.29, 0.717) is 29.0 Å². The maximum Gasteiger partial charge on any atom is 0.416 e. The Hall–Kier alpha value is -3.08. The zero-order chi connectivity index (χ0) is 19.4. The molecule has 138 valence electrons. The first-order chi connectivity index (χ1) is 12.8. The van der Waals surface area contributed by atoms with Gasteiger partial charge in [0.1, 0.15) is 12.4 Å². The van der Waals surface area contributed by atoms with Crippen LogP contribution in [0.3, 0.4) is 0 Å². The molecule has 0 aliphatic carbocycles. The fraction of sp³-hybridized carbons (Fsp3) is 0.136. The topological polar surface area (TPSA) is 26.3 Å². The van der Waals surface area contributed by atoms with Crippen molar-refractivity contribution in [1.29, 1.82) is 0 Å². The van der Waals surface area contributed by atoms with Crippen molar-refractivity contribution in [3.05, 3.63) is 89.5 Å². The first kappa shape index (κ1) is 18.7. The van der Waals surface area contributed by atoms with E-state index in [-0.39, 0.29) is 5.78 Å². The molecule has 0 radical (unpaired) electrons. The van der Waals surface area contributed by atoms with Crippen molar-refractivity contribution in [2.45, 2.75) is 19.7 Å². The third-order valence-electron chi connectivity index (χ3n) is 4.12. The van der Waals surface area contributed by atoms with Crippen LogP contribution in [0.5, 0.6) is 5.75 Å². The van der Waals surface area contributed by atoms with Gasteiger partial charge in [0.05, 0.1) is 11.1 Å². The molecular formula is C22H17F3O2. The first-order valence-electron chi connectivity index (χ1n) is 8.34. The third kappa shape index (κ3) is 4.56. The monoisotopic (exact) mass is 370 g/mol. The summed E-state index contributed by atoms with van der Waals surface area (Å²) in [5.74, 6) is 0.189. The average Bonchev–Trinajstić information content (AvgIpc) is 2.66. The van der Waals surface area contributed by atoms with E-state index < -0.39 is 11.7 Å². The van der Waals surface area contributed by atoms with Crippen LogP contribution in [0.2, 0.25) is 0 Å². The molecule has 0 aliphatic heterocycles. The van der Waals surface area contributed by atoms with Crippen LogP contribution in [0.4, 0.5) is 13.2 Å². The Kier molecular flexibility index (Phi) is 5.31. The zero-order valence-corrected chi connectivity index (χ0v) is 14.6. The van der Waals surface area contributed by atoms with E-state index in [0.717, 1.165) is 17.7 Å². The van der Waals surface area contributed by atoms with Crippen molar-refractivity contribution in [2.24, 2.45) is 0 Å². The van der Waals surface area contributed by atoms with Crippen LogP contribution in [-0.2, 0) is 12.8 Å². The van der Waals surface area contributed by atoms with E-state index in [9.17, 15) is 18.0 Å². The van der Waals surface area contributed by atoms with Crippen molar-refractivity contribution in [3.8, 4) is 16.9 Å². The zero-order valence-electron chi connectivity index (χ0n) is 14.6. The van der Waals surface area contributed by atoms with Crippen LogP contribution in [0.25, 0.3) is 11.1 Å². The van der Waals surface area contributed by atoms with E-state index in [1.54, 1.807) is 24.3 Å². The molecule has 3 rings (SSSR count). The number of carbonyl (C=O) groups excluding carboxylic acids is 1. The van der Waals surface area contributed by atoms with Gasteiger partial charge >= 0.3 is 6.18 Å². The standard InChI is InChI=1S/C22H17F3O2/c1-15(26)20-13-18(17-8-5-9-19(12-17)22(23,24)25)10-11-21(20)27-14-16-6-3-2-4-7-16/h2-13H,14H2,1H3. The summed E-state index contributed by atoms with van der Waals surface area (Å²) in [7, 11) is 0.